The molecule has 1 N–H and O–H groups in total. The Morgan fingerprint density at radius 2 is 2.05 bits per heavy atom. The standard InChI is InChI=1S/C17H27NO/c1-13-5-6-14(2)16(11-13)18-9-7-15(8-10-19)17(3,4)12-18/h5-6,11,15,19H,7-10,12H2,1-4H3. The molecule has 0 spiro atoms. The van der Waals surface area contributed by atoms with Crippen LogP contribution < -0.4 is 4.90 Å². The number of benzene rings is 1. The Balaban J connectivity index is 2.18. The van der Waals surface area contributed by atoms with Crippen LogP contribution in [0.1, 0.15) is 37.8 Å². The third-order valence-corrected chi connectivity index (χ3v) is 4.63. The van der Waals surface area contributed by atoms with Crippen molar-refractivity contribution in [2.45, 2.75) is 40.5 Å². The summed E-state index contributed by atoms with van der Waals surface area (Å²) in [6, 6.07) is 6.71. The first-order valence-corrected chi connectivity index (χ1v) is 7.37. The number of anilines is 1. The lowest BCUT2D eigenvalue weighted by atomic mass is 9.72. The number of aliphatic hydroxyl groups excluding tert-OH is 1. The van der Waals surface area contributed by atoms with E-state index >= 15 is 0 Å². The molecule has 0 bridgehead atoms. The highest BCUT2D eigenvalue weighted by Gasteiger charge is 2.35. The molecule has 1 atom stereocenters. The molecule has 2 rings (SSSR count). The highest BCUT2D eigenvalue weighted by atomic mass is 16.3. The lowest BCUT2D eigenvalue weighted by Crippen LogP contribution is -2.46. The molecule has 0 aromatic heterocycles. The van der Waals surface area contributed by atoms with Crippen LogP contribution in [0.25, 0.3) is 0 Å². The van der Waals surface area contributed by atoms with Crippen LogP contribution in [0.4, 0.5) is 5.69 Å². The van der Waals surface area contributed by atoms with Crippen molar-refractivity contribution in [2.75, 3.05) is 24.6 Å². The Morgan fingerprint density at radius 3 is 2.68 bits per heavy atom. The highest BCUT2D eigenvalue weighted by Crippen LogP contribution is 2.39. The maximum absolute atomic E-state index is 9.20. The summed E-state index contributed by atoms with van der Waals surface area (Å²) < 4.78 is 0. The van der Waals surface area contributed by atoms with Gasteiger partial charge in [-0.05, 0) is 55.2 Å². The third-order valence-electron chi connectivity index (χ3n) is 4.63. The Morgan fingerprint density at radius 1 is 1.32 bits per heavy atom. The molecule has 1 aromatic carbocycles. The van der Waals surface area contributed by atoms with Crippen molar-refractivity contribution in [3.05, 3.63) is 29.3 Å². The summed E-state index contributed by atoms with van der Waals surface area (Å²) in [6.45, 7) is 11.5. The van der Waals surface area contributed by atoms with Gasteiger partial charge in [0.25, 0.3) is 0 Å². The van der Waals surface area contributed by atoms with E-state index in [1.165, 1.54) is 23.2 Å². The van der Waals surface area contributed by atoms with Gasteiger partial charge in [-0.2, -0.15) is 0 Å². The van der Waals surface area contributed by atoms with E-state index in [1.807, 2.05) is 0 Å². The van der Waals surface area contributed by atoms with Crippen molar-refractivity contribution >= 4 is 5.69 Å². The first-order valence-electron chi connectivity index (χ1n) is 7.37. The highest BCUT2D eigenvalue weighted by molar-refractivity contribution is 5.55. The molecule has 0 radical (unpaired) electrons. The lowest BCUT2D eigenvalue weighted by Gasteiger charge is -2.45. The monoisotopic (exact) mass is 261 g/mol. The molecule has 1 unspecified atom stereocenters. The van der Waals surface area contributed by atoms with E-state index in [4.69, 9.17) is 0 Å². The minimum Gasteiger partial charge on any atom is -0.396 e. The summed E-state index contributed by atoms with van der Waals surface area (Å²) in [5.41, 5.74) is 4.35. The van der Waals surface area contributed by atoms with Crippen LogP contribution in [0, 0.1) is 25.2 Å². The molecule has 1 fully saturated rings. The van der Waals surface area contributed by atoms with Gasteiger partial charge in [0.2, 0.25) is 0 Å². The molecule has 0 amide bonds. The number of hydrogen-bond acceptors (Lipinski definition) is 2. The van der Waals surface area contributed by atoms with E-state index in [-0.39, 0.29) is 5.41 Å². The van der Waals surface area contributed by atoms with Gasteiger partial charge >= 0.3 is 0 Å². The van der Waals surface area contributed by atoms with Crippen LogP contribution >= 0.6 is 0 Å². The van der Waals surface area contributed by atoms with Gasteiger partial charge in [0.15, 0.2) is 0 Å². The maximum atomic E-state index is 9.20. The minimum absolute atomic E-state index is 0.275. The number of nitrogens with zero attached hydrogens (tertiary/aromatic N) is 1. The lowest BCUT2D eigenvalue weighted by molar-refractivity contribution is 0.134. The molecule has 106 valence electrons. The average molecular weight is 261 g/mol. The summed E-state index contributed by atoms with van der Waals surface area (Å²) in [7, 11) is 0. The molecule has 19 heavy (non-hydrogen) atoms. The maximum Gasteiger partial charge on any atom is 0.0433 e. The van der Waals surface area contributed by atoms with Crippen LogP contribution in [0.15, 0.2) is 18.2 Å². The number of aryl methyl sites for hydroxylation is 2. The average Bonchev–Trinajstić information content (AvgIpc) is 2.34. The summed E-state index contributed by atoms with van der Waals surface area (Å²) in [5, 5.41) is 9.20. The first kappa shape index (κ1) is 14.4. The van der Waals surface area contributed by atoms with E-state index in [0.717, 1.165) is 19.5 Å². The fraction of sp³-hybridized carbons (Fsp3) is 0.647. The Labute approximate surface area is 117 Å². The second kappa shape index (κ2) is 5.54. The second-order valence-electron chi connectivity index (χ2n) is 6.70. The molecule has 1 heterocycles. The van der Waals surface area contributed by atoms with Gasteiger partial charge < -0.3 is 10.0 Å². The van der Waals surface area contributed by atoms with Crippen LogP contribution in [-0.4, -0.2) is 24.8 Å². The molecule has 0 saturated carbocycles. The normalized spacial score (nSPS) is 22.6. The van der Waals surface area contributed by atoms with E-state index in [2.05, 4.69) is 50.8 Å². The Hall–Kier alpha value is -1.02. The molecule has 1 aliphatic rings. The molecule has 2 heteroatoms. The number of piperidine rings is 1. The van der Waals surface area contributed by atoms with Gasteiger partial charge in [0, 0.05) is 25.4 Å². The smallest absolute Gasteiger partial charge is 0.0433 e. The van der Waals surface area contributed by atoms with Crippen molar-refractivity contribution < 1.29 is 5.11 Å². The topological polar surface area (TPSA) is 23.5 Å². The fourth-order valence-corrected chi connectivity index (χ4v) is 3.36. The van der Waals surface area contributed by atoms with Gasteiger partial charge in [-0.15, -0.1) is 0 Å². The minimum atomic E-state index is 0.275. The quantitative estimate of drug-likeness (QED) is 0.899. The van der Waals surface area contributed by atoms with E-state index in [9.17, 15) is 5.11 Å². The van der Waals surface area contributed by atoms with Crippen LogP contribution in [-0.2, 0) is 0 Å². The van der Waals surface area contributed by atoms with E-state index < -0.39 is 0 Å². The number of rotatable bonds is 3. The number of hydrogen-bond donors (Lipinski definition) is 1. The zero-order valence-corrected chi connectivity index (χ0v) is 12.7. The molecular formula is C17H27NO. The molecule has 2 nitrogen and oxygen atoms in total. The van der Waals surface area contributed by atoms with Crippen LogP contribution in [0.3, 0.4) is 0 Å². The van der Waals surface area contributed by atoms with Gasteiger partial charge in [-0.25, -0.2) is 0 Å². The molecule has 1 aromatic rings. The van der Waals surface area contributed by atoms with Crippen LogP contribution in [0.2, 0.25) is 0 Å². The van der Waals surface area contributed by atoms with Gasteiger partial charge in [0.1, 0.15) is 0 Å². The van der Waals surface area contributed by atoms with Crippen molar-refractivity contribution in [3.63, 3.8) is 0 Å². The zero-order valence-electron chi connectivity index (χ0n) is 12.7. The Bertz CT molecular complexity index is 439. The molecular weight excluding hydrogens is 234 g/mol. The predicted molar refractivity (Wildman–Crippen MR) is 81.7 cm³/mol. The summed E-state index contributed by atoms with van der Waals surface area (Å²) in [5.74, 6) is 0.638. The fourth-order valence-electron chi connectivity index (χ4n) is 3.36. The number of aliphatic hydroxyl groups is 1. The van der Waals surface area contributed by atoms with Gasteiger partial charge in [-0.3, -0.25) is 0 Å². The second-order valence-corrected chi connectivity index (χ2v) is 6.70. The largest absolute Gasteiger partial charge is 0.396 e. The zero-order chi connectivity index (χ0) is 14.0. The Kier molecular flexibility index (Phi) is 4.19. The predicted octanol–water partition coefficient (Wildman–Crippen LogP) is 3.54. The third kappa shape index (κ3) is 3.11. The molecule has 0 aliphatic carbocycles. The summed E-state index contributed by atoms with van der Waals surface area (Å²) in [6.07, 6.45) is 2.12. The van der Waals surface area contributed by atoms with Crippen molar-refractivity contribution in [2.24, 2.45) is 11.3 Å². The summed E-state index contributed by atoms with van der Waals surface area (Å²) in [4.78, 5) is 2.52. The van der Waals surface area contributed by atoms with E-state index in [1.54, 1.807) is 0 Å². The van der Waals surface area contributed by atoms with Crippen molar-refractivity contribution in [3.8, 4) is 0 Å². The van der Waals surface area contributed by atoms with Crippen molar-refractivity contribution in [1.82, 2.24) is 0 Å². The molecule has 1 aliphatic heterocycles. The van der Waals surface area contributed by atoms with Gasteiger partial charge in [0.05, 0.1) is 0 Å². The summed E-state index contributed by atoms with van der Waals surface area (Å²) >= 11 is 0. The molecule has 1 saturated heterocycles. The first-order chi connectivity index (χ1) is 8.94. The SMILES string of the molecule is Cc1ccc(C)c(N2CCC(CCO)C(C)(C)C2)c1. The van der Waals surface area contributed by atoms with Crippen molar-refractivity contribution in [1.29, 1.82) is 0 Å². The van der Waals surface area contributed by atoms with E-state index in [0.29, 0.717) is 12.5 Å². The van der Waals surface area contributed by atoms with Crippen LogP contribution in [0.5, 0.6) is 0 Å². The van der Waals surface area contributed by atoms with Gasteiger partial charge in [-0.1, -0.05) is 26.0 Å².